The Morgan fingerprint density at radius 2 is 1.60 bits per heavy atom. The largest absolute Gasteiger partial charge is 0.744 e. The van der Waals surface area contributed by atoms with Crippen molar-refractivity contribution in [3.8, 4) is 5.75 Å². The molecule has 3 N–H and O–H groups in total. The summed E-state index contributed by atoms with van der Waals surface area (Å²) in [5.74, 6) is -0.674. The van der Waals surface area contributed by atoms with E-state index >= 15 is 0 Å². The number of hydrogen-bond donors (Lipinski definition) is 2. The van der Waals surface area contributed by atoms with Gasteiger partial charge in [-0.15, -0.1) is 0 Å². The topological polar surface area (TPSA) is 161 Å². The maximum Gasteiger partial charge on any atom is 0.147 e. The molecule has 0 aliphatic rings. The van der Waals surface area contributed by atoms with E-state index < -0.39 is 41.5 Å². The van der Waals surface area contributed by atoms with Crippen LogP contribution in [-0.2, 0) is 20.2 Å². The van der Waals surface area contributed by atoms with E-state index in [1.54, 1.807) is 0 Å². The first-order chi connectivity index (χ1) is 9.01. The van der Waals surface area contributed by atoms with E-state index in [1.165, 1.54) is 0 Å². The number of phenolic OH excluding ortho intramolecular Hbond substituents is 1. The monoisotopic (exact) mass is 317 g/mol. The van der Waals surface area contributed by atoms with Crippen LogP contribution < -0.4 is 5.73 Å². The fraction of sp³-hybridized carbons (Fsp3) is 0. The number of nitrogen functional groups attached to an aromatic ring is 1. The molecule has 8 nitrogen and oxygen atoms in total. The molecule has 2 aromatic carbocycles. The van der Waals surface area contributed by atoms with Gasteiger partial charge in [0, 0.05) is 5.39 Å². The minimum Gasteiger partial charge on any atom is -0.744 e. The summed E-state index contributed by atoms with van der Waals surface area (Å²) in [6.45, 7) is 0. The van der Waals surface area contributed by atoms with Crippen molar-refractivity contribution in [2.75, 3.05) is 5.73 Å². The lowest BCUT2D eigenvalue weighted by Gasteiger charge is -2.15. The van der Waals surface area contributed by atoms with Crippen LogP contribution in [0.3, 0.4) is 0 Å². The van der Waals surface area contributed by atoms with Crippen LogP contribution in [-0.4, -0.2) is 31.0 Å². The van der Waals surface area contributed by atoms with Crippen molar-refractivity contribution < 1.29 is 31.0 Å². The van der Waals surface area contributed by atoms with Crippen LogP contribution >= 0.6 is 0 Å². The number of rotatable bonds is 2. The summed E-state index contributed by atoms with van der Waals surface area (Å²) in [7, 11) is -9.71. The molecule has 0 saturated carbocycles. The zero-order valence-electron chi connectivity index (χ0n) is 9.60. The maximum atomic E-state index is 11.0. The fourth-order valence-electron chi connectivity index (χ4n) is 1.72. The predicted octanol–water partition coefficient (Wildman–Crippen LogP) is -0.0642. The van der Waals surface area contributed by atoms with Crippen molar-refractivity contribution in [2.24, 2.45) is 0 Å². The number of phenols is 1. The molecule has 0 atom stereocenters. The Hall–Kier alpha value is -1.88. The van der Waals surface area contributed by atoms with Crippen LogP contribution in [0.25, 0.3) is 10.8 Å². The number of aromatic hydroxyl groups is 1. The van der Waals surface area contributed by atoms with Gasteiger partial charge >= 0.3 is 0 Å². The van der Waals surface area contributed by atoms with Gasteiger partial charge < -0.3 is 19.9 Å². The standard InChI is InChI=1S/C10H9NO7S2/c11-9-8(20(16,17)18)4-5-3-6(19(13,14)15)1-2-7(5)10(9)12/h1-4,12H,11H2,(H,13,14,15)(H,16,17,18)/p-2. The first kappa shape index (κ1) is 14.5. The molecule has 0 spiro atoms. The third-order valence-corrected chi connectivity index (χ3v) is 4.35. The second kappa shape index (κ2) is 4.31. The van der Waals surface area contributed by atoms with Crippen LogP contribution in [0.15, 0.2) is 34.1 Å². The van der Waals surface area contributed by atoms with Crippen molar-refractivity contribution in [1.82, 2.24) is 0 Å². The fourth-order valence-corrected chi connectivity index (χ4v) is 2.86. The maximum absolute atomic E-state index is 11.0. The third kappa shape index (κ3) is 2.41. The summed E-state index contributed by atoms with van der Waals surface area (Å²) in [6, 6.07) is 3.69. The number of fused-ring (bicyclic) bond motifs is 1. The molecule has 0 radical (unpaired) electrons. The number of hydrogen-bond acceptors (Lipinski definition) is 8. The van der Waals surface area contributed by atoms with Crippen LogP contribution in [0.1, 0.15) is 0 Å². The molecule has 0 aliphatic heterocycles. The second-order valence-electron chi connectivity index (χ2n) is 3.93. The van der Waals surface area contributed by atoms with Gasteiger partial charge in [0.15, 0.2) is 0 Å². The second-order valence-corrected chi connectivity index (χ2v) is 6.66. The lowest BCUT2D eigenvalue weighted by atomic mass is 10.1. The molecule has 20 heavy (non-hydrogen) atoms. The Kier molecular flexibility index (Phi) is 3.13. The Morgan fingerprint density at radius 3 is 2.10 bits per heavy atom. The number of benzene rings is 2. The molecule has 2 aromatic rings. The number of anilines is 1. The predicted molar refractivity (Wildman–Crippen MR) is 66.0 cm³/mol. The van der Waals surface area contributed by atoms with E-state index in [1.807, 2.05) is 0 Å². The van der Waals surface area contributed by atoms with Crippen LogP contribution in [0, 0.1) is 0 Å². The average molecular weight is 317 g/mol. The van der Waals surface area contributed by atoms with Crippen LogP contribution in [0.5, 0.6) is 5.75 Å². The zero-order chi connectivity index (χ0) is 15.3. The van der Waals surface area contributed by atoms with Gasteiger partial charge in [0.1, 0.15) is 26.0 Å². The highest BCUT2D eigenvalue weighted by Gasteiger charge is 2.15. The van der Waals surface area contributed by atoms with Crippen LogP contribution in [0.2, 0.25) is 0 Å². The van der Waals surface area contributed by atoms with Gasteiger partial charge in [0.25, 0.3) is 0 Å². The van der Waals surface area contributed by atoms with Gasteiger partial charge in [-0.3, -0.25) is 0 Å². The number of nitrogens with two attached hydrogens (primary N) is 1. The van der Waals surface area contributed by atoms with E-state index in [0.29, 0.717) is 0 Å². The molecular weight excluding hydrogens is 310 g/mol. The summed E-state index contributed by atoms with van der Waals surface area (Å²) >= 11 is 0. The van der Waals surface area contributed by atoms with Gasteiger partial charge in [-0.2, -0.15) is 0 Å². The lowest BCUT2D eigenvalue weighted by Crippen LogP contribution is -2.04. The van der Waals surface area contributed by atoms with E-state index in [0.717, 1.165) is 24.3 Å². The molecule has 0 fully saturated rings. The molecule has 0 bridgehead atoms. The molecule has 0 unspecified atom stereocenters. The van der Waals surface area contributed by atoms with Crippen LogP contribution in [0.4, 0.5) is 5.69 Å². The molecule has 10 heteroatoms. The summed E-state index contributed by atoms with van der Waals surface area (Å²) in [5, 5.41) is 9.65. The molecule has 0 saturated heterocycles. The minimum absolute atomic E-state index is 0.0160. The molecule has 0 amide bonds. The van der Waals surface area contributed by atoms with Crippen molar-refractivity contribution in [3.63, 3.8) is 0 Å². The summed E-state index contributed by atoms with van der Waals surface area (Å²) < 4.78 is 65.7. The highest BCUT2D eigenvalue weighted by Crippen LogP contribution is 2.36. The Bertz CT molecular complexity index is 916. The van der Waals surface area contributed by atoms with E-state index in [-0.39, 0.29) is 10.8 Å². The molecule has 108 valence electrons. The summed E-state index contributed by atoms with van der Waals surface area (Å²) in [6.07, 6.45) is 0. The SMILES string of the molecule is Nc1c(S(=O)(=O)[O-])cc2cc(S(=O)(=O)[O-])ccc2c1O. The summed E-state index contributed by atoms with van der Waals surface area (Å²) in [4.78, 5) is -1.51. The molecular formula is C10H7NO7S2-2. The van der Waals surface area contributed by atoms with Crippen molar-refractivity contribution >= 4 is 36.7 Å². The van der Waals surface area contributed by atoms with Crippen molar-refractivity contribution in [3.05, 3.63) is 24.3 Å². The molecule has 0 aliphatic carbocycles. The van der Waals surface area contributed by atoms with Gasteiger partial charge in [0.2, 0.25) is 0 Å². The van der Waals surface area contributed by atoms with Crippen molar-refractivity contribution in [2.45, 2.75) is 9.79 Å². The average Bonchev–Trinajstić information content (AvgIpc) is 2.30. The smallest absolute Gasteiger partial charge is 0.147 e. The van der Waals surface area contributed by atoms with Gasteiger partial charge in [-0.25, -0.2) is 16.8 Å². The molecule has 2 rings (SSSR count). The van der Waals surface area contributed by atoms with E-state index in [9.17, 15) is 31.0 Å². The quantitative estimate of drug-likeness (QED) is 0.442. The van der Waals surface area contributed by atoms with E-state index in [4.69, 9.17) is 5.73 Å². The molecule has 0 heterocycles. The zero-order valence-corrected chi connectivity index (χ0v) is 11.2. The van der Waals surface area contributed by atoms with Gasteiger partial charge in [-0.05, 0) is 29.7 Å². The normalized spacial score (nSPS) is 12.7. The Labute approximate surface area is 114 Å². The minimum atomic E-state index is -4.96. The third-order valence-electron chi connectivity index (χ3n) is 2.64. The van der Waals surface area contributed by atoms with Gasteiger partial charge in [-0.1, -0.05) is 0 Å². The first-order valence-electron chi connectivity index (χ1n) is 4.99. The van der Waals surface area contributed by atoms with Crippen molar-refractivity contribution in [1.29, 1.82) is 0 Å². The first-order valence-corrected chi connectivity index (χ1v) is 7.80. The van der Waals surface area contributed by atoms with Gasteiger partial charge in [0.05, 0.1) is 15.5 Å². The lowest BCUT2D eigenvalue weighted by molar-refractivity contribution is 0.459. The highest BCUT2D eigenvalue weighted by molar-refractivity contribution is 7.86. The van der Waals surface area contributed by atoms with E-state index in [2.05, 4.69) is 0 Å². The Balaban J connectivity index is 2.94. The molecule has 0 aromatic heterocycles. The Morgan fingerprint density at radius 1 is 1.00 bits per heavy atom. The summed E-state index contributed by atoms with van der Waals surface area (Å²) in [5.41, 5.74) is 4.72. The highest BCUT2D eigenvalue weighted by atomic mass is 32.2.